The molecule has 0 bridgehead atoms. The van der Waals surface area contributed by atoms with Gasteiger partial charge < -0.3 is 10.1 Å². The number of benzene rings is 3. The maximum Gasteiger partial charge on any atom is 0.264 e. The third kappa shape index (κ3) is 5.21. The molecule has 0 fully saturated rings. The summed E-state index contributed by atoms with van der Waals surface area (Å²) >= 11 is 0. The molecule has 0 aliphatic rings. The molecule has 31 heavy (non-hydrogen) atoms. The van der Waals surface area contributed by atoms with E-state index in [9.17, 15) is 17.6 Å². The Balaban J connectivity index is 2.02. The van der Waals surface area contributed by atoms with Crippen LogP contribution >= 0.6 is 0 Å². The lowest BCUT2D eigenvalue weighted by atomic mass is 10.2. The van der Waals surface area contributed by atoms with Gasteiger partial charge in [0.15, 0.2) is 0 Å². The van der Waals surface area contributed by atoms with Gasteiger partial charge in [0, 0.05) is 5.69 Å². The van der Waals surface area contributed by atoms with Crippen LogP contribution in [0, 0.1) is 19.7 Å². The van der Waals surface area contributed by atoms with Crippen LogP contribution in [-0.2, 0) is 14.8 Å². The van der Waals surface area contributed by atoms with Crippen molar-refractivity contribution in [2.45, 2.75) is 18.7 Å². The first-order valence-corrected chi connectivity index (χ1v) is 10.9. The molecular formula is C23H23FN2O4S. The number of amides is 1. The van der Waals surface area contributed by atoms with Gasteiger partial charge >= 0.3 is 0 Å². The minimum atomic E-state index is -4.08. The zero-order valence-electron chi connectivity index (χ0n) is 17.4. The molecule has 0 saturated carbocycles. The van der Waals surface area contributed by atoms with E-state index in [0.29, 0.717) is 11.4 Å². The number of carbonyl (C=O) groups excluding carboxylic acids is 1. The van der Waals surface area contributed by atoms with Crippen LogP contribution in [0.4, 0.5) is 15.8 Å². The van der Waals surface area contributed by atoms with Crippen molar-refractivity contribution < 1.29 is 22.3 Å². The summed E-state index contributed by atoms with van der Waals surface area (Å²) in [6, 6.07) is 16.7. The standard InChI is InChI=1S/C23H23FN2O4S/c1-16-4-11-20(12-5-16)31(28,29)26(21-14-17(2)6-13-22(21)30-3)15-23(27)25-19-9-7-18(24)8-10-19/h4-14H,15H2,1-3H3,(H,25,27). The third-order valence-electron chi connectivity index (χ3n) is 4.63. The van der Waals surface area contributed by atoms with E-state index in [-0.39, 0.29) is 10.6 Å². The van der Waals surface area contributed by atoms with Crippen LogP contribution in [0.3, 0.4) is 0 Å². The topological polar surface area (TPSA) is 75.7 Å². The Morgan fingerprint density at radius 1 is 0.968 bits per heavy atom. The highest BCUT2D eigenvalue weighted by Gasteiger charge is 2.29. The maximum atomic E-state index is 13.5. The van der Waals surface area contributed by atoms with Crippen molar-refractivity contribution in [1.82, 2.24) is 0 Å². The van der Waals surface area contributed by atoms with Crippen LogP contribution < -0.4 is 14.4 Å². The number of hydrogen-bond acceptors (Lipinski definition) is 4. The molecule has 8 heteroatoms. The van der Waals surface area contributed by atoms with E-state index in [1.807, 2.05) is 13.8 Å². The number of nitrogens with one attached hydrogen (secondary N) is 1. The monoisotopic (exact) mass is 442 g/mol. The molecule has 6 nitrogen and oxygen atoms in total. The van der Waals surface area contributed by atoms with E-state index < -0.39 is 28.3 Å². The molecule has 0 radical (unpaired) electrons. The Hall–Kier alpha value is -3.39. The summed E-state index contributed by atoms with van der Waals surface area (Å²) in [4.78, 5) is 12.8. The fraction of sp³-hybridized carbons (Fsp3) is 0.174. The summed E-state index contributed by atoms with van der Waals surface area (Å²) in [6.45, 7) is 3.18. The Morgan fingerprint density at radius 3 is 2.19 bits per heavy atom. The van der Waals surface area contributed by atoms with E-state index in [4.69, 9.17) is 4.74 Å². The molecule has 1 amide bonds. The van der Waals surface area contributed by atoms with Gasteiger partial charge in [-0.2, -0.15) is 0 Å². The normalized spacial score (nSPS) is 11.1. The van der Waals surface area contributed by atoms with E-state index in [1.165, 1.54) is 43.5 Å². The first kappa shape index (κ1) is 22.3. The fourth-order valence-electron chi connectivity index (χ4n) is 3.00. The summed E-state index contributed by atoms with van der Waals surface area (Å²) in [5.74, 6) is -0.701. The first-order valence-electron chi connectivity index (χ1n) is 9.50. The Morgan fingerprint density at radius 2 is 1.58 bits per heavy atom. The van der Waals surface area contributed by atoms with Crippen LogP contribution in [0.1, 0.15) is 11.1 Å². The van der Waals surface area contributed by atoms with Gasteiger partial charge in [0.25, 0.3) is 10.0 Å². The number of methoxy groups -OCH3 is 1. The zero-order chi connectivity index (χ0) is 22.6. The van der Waals surface area contributed by atoms with Gasteiger partial charge in [-0.25, -0.2) is 12.8 Å². The van der Waals surface area contributed by atoms with Crippen LogP contribution in [0.2, 0.25) is 0 Å². The molecule has 162 valence electrons. The Kier molecular flexibility index (Phi) is 6.60. The largest absolute Gasteiger partial charge is 0.495 e. The molecular weight excluding hydrogens is 419 g/mol. The van der Waals surface area contributed by atoms with Crippen molar-refractivity contribution in [3.63, 3.8) is 0 Å². The average molecular weight is 443 g/mol. The van der Waals surface area contributed by atoms with Gasteiger partial charge in [-0.1, -0.05) is 23.8 Å². The molecule has 0 atom stereocenters. The number of rotatable bonds is 7. The number of nitrogens with zero attached hydrogens (tertiary/aromatic N) is 1. The molecule has 3 aromatic carbocycles. The lowest BCUT2D eigenvalue weighted by Gasteiger charge is -2.26. The number of carbonyl (C=O) groups is 1. The number of aryl methyl sites for hydroxylation is 2. The highest BCUT2D eigenvalue weighted by molar-refractivity contribution is 7.92. The van der Waals surface area contributed by atoms with Gasteiger partial charge in [0.1, 0.15) is 18.1 Å². The quantitative estimate of drug-likeness (QED) is 0.592. The lowest BCUT2D eigenvalue weighted by Crippen LogP contribution is -2.38. The first-order chi connectivity index (χ1) is 14.7. The summed E-state index contributed by atoms with van der Waals surface area (Å²) in [7, 11) is -2.65. The van der Waals surface area contributed by atoms with Crippen molar-refractivity contribution in [2.24, 2.45) is 0 Å². The smallest absolute Gasteiger partial charge is 0.264 e. The molecule has 0 heterocycles. The van der Waals surface area contributed by atoms with E-state index in [1.54, 1.807) is 30.3 Å². The van der Waals surface area contributed by atoms with E-state index in [2.05, 4.69) is 5.32 Å². The van der Waals surface area contributed by atoms with Crippen LogP contribution in [0.25, 0.3) is 0 Å². The van der Waals surface area contributed by atoms with Gasteiger partial charge in [-0.3, -0.25) is 9.10 Å². The molecule has 0 aliphatic carbocycles. The molecule has 0 saturated heterocycles. The highest BCUT2D eigenvalue weighted by atomic mass is 32.2. The van der Waals surface area contributed by atoms with Gasteiger partial charge in [0.05, 0.1) is 17.7 Å². The highest BCUT2D eigenvalue weighted by Crippen LogP contribution is 2.33. The average Bonchev–Trinajstić information content (AvgIpc) is 2.74. The van der Waals surface area contributed by atoms with Crippen molar-refractivity contribution in [3.05, 3.63) is 83.7 Å². The van der Waals surface area contributed by atoms with E-state index in [0.717, 1.165) is 15.4 Å². The van der Waals surface area contributed by atoms with Crippen LogP contribution in [0.15, 0.2) is 71.6 Å². The summed E-state index contributed by atoms with van der Waals surface area (Å²) in [5.41, 5.74) is 2.32. The minimum absolute atomic E-state index is 0.0521. The zero-order valence-corrected chi connectivity index (χ0v) is 18.2. The van der Waals surface area contributed by atoms with Crippen LogP contribution in [0.5, 0.6) is 5.75 Å². The van der Waals surface area contributed by atoms with Gasteiger partial charge in [-0.05, 0) is 67.9 Å². The molecule has 0 aromatic heterocycles. The van der Waals surface area contributed by atoms with Gasteiger partial charge in [-0.15, -0.1) is 0 Å². The summed E-state index contributed by atoms with van der Waals surface area (Å²) in [6.07, 6.45) is 0. The van der Waals surface area contributed by atoms with Gasteiger partial charge in [0.2, 0.25) is 5.91 Å². The third-order valence-corrected chi connectivity index (χ3v) is 6.40. The van der Waals surface area contributed by atoms with Crippen molar-refractivity contribution >= 4 is 27.3 Å². The second-order valence-corrected chi connectivity index (χ2v) is 8.92. The number of sulfonamides is 1. The molecule has 1 N–H and O–H groups in total. The number of anilines is 2. The Bertz CT molecular complexity index is 1180. The Labute approximate surface area is 181 Å². The SMILES string of the molecule is COc1ccc(C)cc1N(CC(=O)Nc1ccc(F)cc1)S(=O)(=O)c1ccc(C)cc1. The van der Waals surface area contributed by atoms with Crippen molar-refractivity contribution in [3.8, 4) is 5.75 Å². The molecule has 0 unspecified atom stereocenters. The fourth-order valence-corrected chi connectivity index (χ4v) is 4.42. The molecule has 0 aliphatic heterocycles. The summed E-state index contributed by atoms with van der Waals surface area (Å²) < 4.78 is 46.5. The van der Waals surface area contributed by atoms with E-state index >= 15 is 0 Å². The second-order valence-electron chi connectivity index (χ2n) is 7.06. The maximum absolute atomic E-state index is 13.5. The second kappa shape index (κ2) is 9.18. The summed E-state index contributed by atoms with van der Waals surface area (Å²) in [5, 5.41) is 2.60. The molecule has 3 rings (SSSR count). The molecule has 0 spiro atoms. The van der Waals surface area contributed by atoms with Crippen molar-refractivity contribution in [1.29, 1.82) is 0 Å². The number of ether oxygens (including phenoxy) is 1. The molecule has 3 aromatic rings. The number of hydrogen-bond donors (Lipinski definition) is 1. The minimum Gasteiger partial charge on any atom is -0.495 e. The predicted molar refractivity (Wildman–Crippen MR) is 118 cm³/mol. The van der Waals surface area contributed by atoms with Crippen LogP contribution in [-0.4, -0.2) is 28.0 Å². The predicted octanol–water partition coefficient (Wildman–Crippen LogP) is 4.29. The number of halogens is 1. The lowest BCUT2D eigenvalue weighted by molar-refractivity contribution is -0.114. The van der Waals surface area contributed by atoms with Crippen molar-refractivity contribution in [2.75, 3.05) is 23.3 Å².